The van der Waals surface area contributed by atoms with Gasteiger partial charge in [0.1, 0.15) is 0 Å². The molecular formula is C14H12BrCl2N. The number of hydrogen-bond donors (Lipinski definition) is 1. The maximum absolute atomic E-state index is 6.10. The van der Waals surface area contributed by atoms with Crippen molar-refractivity contribution in [2.24, 2.45) is 0 Å². The molecule has 0 aliphatic carbocycles. The molecule has 0 fully saturated rings. The monoisotopic (exact) mass is 343 g/mol. The number of halogens is 3. The molecule has 0 unspecified atom stereocenters. The molecule has 0 atom stereocenters. The molecule has 2 aromatic rings. The highest BCUT2D eigenvalue weighted by Crippen LogP contribution is 2.26. The van der Waals surface area contributed by atoms with Gasteiger partial charge in [0.05, 0.1) is 10.7 Å². The Labute approximate surface area is 125 Å². The number of anilines is 1. The first-order chi connectivity index (χ1) is 8.56. The molecule has 0 heterocycles. The van der Waals surface area contributed by atoms with E-state index in [1.807, 2.05) is 12.1 Å². The quantitative estimate of drug-likeness (QED) is 0.755. The molecular weight excluding hydrogens is 333 g/mol. The van der Waals surface area contributed by atoms with Gasteiger partial charge in [-0.2, -0.15) is 0 Å². The lowest BCUT2D eigenvalue weighted by atomic mass is 10.1. The molecule has 0 amide bonds. The zero-order valence-corrected chi connectivity index (χ0v) is 12.9. The molecule has 0 bridgehead atoms. The second kappa shape index (κ2) is 5.96. The minimum Gasteiger partial charge on any atom is -0.380 e. The van der Waals surface area contributed by atoms with Crippen LogP contribution in [-0.2, 0) is 6.54 Å². The summed E-state index contributed by atoms with van der Waals surface area (Å²) in [5.74, 6) is 0. The lowest BCUT2D eigenvalue weighted by Crippen LogP contribution is -2.00. The van der Waals surface area contributed by atoms with Crippen molar-refractivity contribution in [1.82, 2.24) is 0 Å². The molecule has 2 rings (SSSR count). The predicted octanol–water partition coefficient (Wildman–Crippen LogP) is 5.68. The summed E-state index contributed by atoms with van der Waals surface area (Å²) in [6.07, 6.45) is 0. The first-order valence-electron chi connectivity index (χ1n) is 5.50. The normalized spacial score (nSPS) is 10.4. The standard InChI is InChI=1S/C14H12BrCl2N/c1-9-6-10(2-4-12(9)15)8-18-14-5-3-11(16)7-13(14)17/h2-7,18H,8H2,1H3. The Bertz CT molecular complexity index is 570. The minimum atomic E-state index is 0.635. The van der Waals surface area contributed by atoms with E-state index in [1.165, 1.54) is 11.1 Å². The van der Waals surface area contributed by atoms with Gasteiger partial charge in [-0.15, -0.1) is 0 Å². The smallest absolute Gasteiger partial charge is 0.0652 e. The van der Waals surface area contributed by atoms with Crippen molar-refractivity contribution in [3.63, 3.8) is 0 Å². The van der Waals surface area contributed by atoms with Crippen LogP contribution in [0.1, 0.15) is 11.1 Å². The summed E-state index contributed by atoms with van der Waals surface area (Å²) in [4.78, 5) is 0. The molecule has 1 N–H and O–H groups in total. The second-order valence-corrected chi connectivity index (χ2v) is 5.76. The van der Waals surface area contributed by atoms with E-state index in [9.17, 15) is 0 Å². The largest absolute Gasteiger partial charge is 0.380 e. The van der Waals surface area contributed by atoms with Crippen LogP contribution < -0.4 is 5.32 Å². The van der Waals surface area contributed by atoms with Gasteiger partial charge in [-0.1, -0.05) is 51.3 Å². The summed E-state index contributed by atoms with van der Waals surface area (Å²) in [5, 5.41) is 4.58. The first-order valence-corrected chi connectivity index (χ1v) is 7.05. The summed E-state index contributed by atoms with van der Waals surface area (Å²) in [6.45, 7) is 2.80. The number of aryl methyl sites for hydroxylation is 1. The molecule has 18 heavy (non-hydrogen) atoms. The highest BCUT2D eigenvalue weighted by Gasteiger charge is 2.02. The molecule has 94 valence electrons. The van der Waals surface area contributed by atoms with Crippen molar-refractivity contribution in [2.45, 2.75) is 13.5 Å². The van der Waals surface area contributed by atoms with Gasteiger partial charge in [0.2, 0.25) is 0 Å². The number of hydrogen-bond acceptors (Lipinski definition) is 1. The van der Waals surface area contributed by atoms with E-state index in [-0.39, 0.29) is 0 Å². The van der Waals surface area contributed by atoms with Crippen LogP contribution >= 0.6 is 39.1 Å². The maximum atomic E-state index is 6.10. The maximum Gasteiger partial charge on any atom is 0.0652 e. The van der Waals surface area contributed by atoms with Crippen molar-refractivity contribution in [1.29, 1.82) is 0 Å². The first kappa shape index (κ1) is 13.7. The second-order valence-electron chi connectivity index (χ2n) is 4.06. The van der Waals surface area contributed by atoms with Gasteiger partial charge < -0.3 is 5.32 Å². The zero-order valence-electron chi connectivity index (χ0n) is 9.81. The molecule has 4 heteroatoms. The van der Waals surface area contributed by atoms with Crippen LogP contribution in [0.3, 0.4) is 0 Å². The summed E-state index contributed by atoms with van der Waals surface area (Å²) >= 11 is 15.4. The fourth-order valence-corrected chi connectivity index (χ4v) is 2.37. The summed E-state index contributed by atoms with van der Waals surface area (Å²) in [5.41, 5.74) is 3.32. The van der Waals surface area contributed by atoms with Crippen LogP contribution in [-0.4, -0.2) is 0 Å². The number of nitrogens with one attached hydrogen (secondary N) is 1. The zero-order chi connectivity index (χ0) is 13.1. The van der Waals surface area contributed by atoms with E-state index in [4.69, 9.17) is 23.2 Å². The highest BCUT2D eigenvalue weighted by molar-refractivity contribution is 9.10. The van der Waals surface area contributed by atoms with Crippen LogP contribution in [0.15, 0.2) is 40.9 Å². The fourth-order valence-electron chi connectivity index (χ4n) is 1.65. The molecule has 2 aromatic carbocycles. The third kappa shape index (κ3) is 3.41. The molecule has 0 aliphatic heterocycles. The molecule has 0 saturated carbocycles. The Kier molecular flexibility index (Phi) is 4.55. The average Bonchev–Trinajstić information content (AvgIpc) is 2.32. The van der Waals surface area contributed by atoms with E-state index in [1.54, 1.807) is 6.07 Å². The predicted molar refractivity (Wildman–Crippen MR) is 82.7 cm³/mol. The topological polar surface area (TPSA) is 12.0 Å². The van der Waals surface area contributed by atoms with Crippen LogP contribution in [0.25, 0.3) is 0 Å². The van der Waals surface area contributed by atoms with Gasteiger partial charge in [0, 0.05) is 16.0 Å². The fraction of sp³-hybridized carbons (Fsp3) is 0.143. The number of rotatable bonds is 3. The van der Waals surface area contributed by atoms with Gasteiger partial charge in [-0.25, -0.2) is 0 Å². The van der Waals surface area contributed by atoms with Crippen LogP contribution in [0.5, 0.6) is 0 Å². The van der Waals surface area contributed by atoms with E-state index in [0.717, 1.165) is 16.7 Å². The molecule has 0 aromatic heterocycles. The third-order valence-corrected chi connectivity index (χ3v) is 4.07. The van der Waals surface area contributed by atoms with Gasteiger partial charge in [0.15, 0.2) is 0 Å². The van der Waals surface area contributed by atoms with Crippen LogP contribution in [0.2, 0.25) is 10.0 Å². The van der Waals surface area contributed by atoms with E-state index in [2.05, 4.69) is 46.4 Å². The summed E-state index contributed by atoms with van der Waals surface area (Å²) in [6, 6.07) is 11.7. The molecule has 0 radical (unpaired) electrons. The molecule has 0 aliphatic rings. The van der Waals surface area contributed by atoms with Gasteiger partial charge in [-0.05, 0) is 42.3 Å². The van der Waals surface area contributed by atoms with Crippen molar-refractivity contribution < 1.29 is 0 Å². The SMILES string of the molecule is Cc1cc(CNc2ccc(Cl)cc2Cl)ccc1Br. The molecule has 0 spiro atoms. The van der Waals surface area contributed by atoms with Crippen LogP contribution in [0.4, 0.5) is 5.69 Å². The van der Waals surface area contributed by atoms with Crippen LogP contribution in [0, 0.1) is 6.92 Å². The Morgan fingerprint density at radius 2 is 1.89 bits per heavy atom. The lowest BCUT2D eigenvalue weighted by Gasteiger charge is -2.09. The Balaban J connectivity index is 2.09. The minimum absolute atomic E-state index is 0.635. The van der Waals surface area contributed by atoms with Crippen molar-refractivity contribution in [3.8, 4) is 0 Å². The molecule has 0 saturated heterocycles. The Hall–Kier alpha value is -0.700. The van der Waals surface area contributed by atoms with Gasteiger partial charge >= 0.3 is 0 Å². The van der Waals surface area contributed by atoms with Crippen molar-refractivity contribution in [3.05, 3.63) is 62.0 Å². The molecule has 1 nitrogen and oxygen atoms in total. The summed E-state index contributed by atoms with van der Waals surface area (Å²) in [7, 11) is 0. The van der Waals surface area contributed by atoms with E-state index >= 15 is 0 Å². The highest BCUT2D eigenvalue weighted by atomic mass is 79.9. The van der Waals surface area contributed by atoms with Gasteiger partial charge in [0.25, 0.3) is 0 Å². The van der Waals surface area contributed by atoms with Crippen molar-refractivity contribution >= 4 is 44.8 Å². The Morgan fingerprint density at radius 3 is 2.56 bits per heavy atom. The van der Waals surface area contributed by atoms with E-state index in [0.29, 0.717) is 10.0 Å². The number of benzene rings is 2. The van der Waals surface area contributed by atoms with E-state index < -0.39 is 0 Å². The van der Waals surface area contributed by atoms with Crippen molar-refractivity contribution in [2.75, 3.05) is 5.32 Å². The average molecular weight is 345 g/mol. The third-order valence-electron chi connectivity index (χ3n) is 2.64. The summed E-state index contributed by atoms with van der Waals surface area (Å²) < 4.78 is 1.12. The Morgan fingerprint density at radius 1 is 1.11 bits per heavy atom. The lowest BCUT2D eigenvalue weighted by molar-refractivity contribution is 1.14. The van der Waals surface area contributed by atoms with Gasteiger partial charge in [-0.3, -0.25) is 0 Å².